The quantitative estimate of drug-likeness (QED) is 0.401. The van der Waals surface area contributed by atoms with Crippen LogP contribution < -0.4 is 5.32 Å². The molecule has 3 aromatic rings. The molecule has 0 bridgehead atoms. The highest BCUT2D eigenvalue weighted by molar-refractivity contribution is 7.91. The van der Waals surface area contributed by atoms with Gasteiger partial charge in [0, 0.05) is 29.6 Å². The average molecular weight is 499 g/mol. The Morgan fingerprint density at radius 3 is 2.65 bits per heavy atom. The molecule has 0 spiro atoms. The molecule has 1 atom stereocenters. The summed E-state index contributed by atoms with van der Waals surface area (Å²) in [6.45, 7) is 0.252. The molecule has 1 aliphatic heterocycles. The van der Waals surface area contributed by atoms with E-state index in [0.29, 0.717) is 33.6 Å². The van der Waals surface area contributed by atoms with Crippen LogP contribution >= 0.6 is 34.3 Å². The predicted octanol–water partition coefficient (Wildman–Crippen LogP) is 4.23. The zero-order valence-corrected chi connectivity index (χ0v) is 18.9. The molecule has 1 fully saturated rings. The molecule has 1 aliphatic rings. The molecule has 2 aromatic heterocycles. The minimum atomic E-state index is -3.82. The maximum atomic E-state index is 12.9. The minimum absolute atomic E-state index is 0.0259. The van der Waals surface area contributed by atoms with Crippen LogP contribution in [0.2, 0.25) is 4.34 Å². The third-order valence-electron chi connectivity index (χ3n) is 4.73. The number of thiazole rings is 1. The van der Waals surface area contributed by atoms with Crippen molar-refractivity contribution in [2.45, 2.75) is 23.1 Å². The van der Waals surface area contributed by atoms with Crippen molar-refractivity contribution in [3.63, 3.8) is 0 Å². The summed E-state index contributed by atoms with van der Waals surface area (Å²) in [6.07, 6.45) is 0.979. The Hall–Kier alpha value is -2.38. The van der Waals surface area contributed by atoms with Crippen molar-refractivity contribution in [1.82, 2.24) is 9.29 Å². The highest BCUT2D eigenvalue weighted by Gasteiger charge is 2.40. The maximum absolute atomic E-state index is 12.9. The summed E-state index contributed by atoms with van der Waals surface area (Å²) in [4.78, 5) is 27.5. The molecular formula is C18H15ClN4O5S3. The third kappa shape index (κ3) is 4.48. The number of halogens is 1. The van der Waals surface area contributed by atoms with Crippen LogP contribution in [0.1, 0.15) is 12.8 Å². The number of carbonyl (C=O) groups excluding carboxylic acids is 1. The van der Waals surface area contributed by atoms with Crippen LogP contribution in [-0.4, -0.2) is 41.1 Å². The Labute approximate surface area is 190 Å². The van der Waals surface area contributed by atoms with E-state index in [4.69, 9.17) is 11.6 Å². The van der Waals surface area contributed by atoms with Crippen molar-refractivity contribution in [3.8, 4) is 11.3 Å². The van der Waals surface area contributed by atoms with E-state index >= 15 is 0 Å². The molecule has 31 heavy (non-hydrogen) atoms. The second-order valence-electron chi connectivity index (χ2n) is 6.66. The van der Waals surface area contributed by atoms with Gasteiger partial charge in [-0.25, -0.2) is 13.4 Å². The number of hydrogen-bond acceptors (Lipinski definition) is 8. The van der Waals surface area contributed by atoms with Gasteiger partial charge in [-0.15, -0.1) is 22.7 Å². The van der Waals surface area contributed by atoms with Crippen LogP contribution in [0.25, 0.3) is 11.3 Å². The van der Waals surface area contributed by atoms with Crippen LogP contribution in [0, 0.1) is 10.1 Å². The van der Waals surface area contributed by atoms with Crippen LogP contribution in [0.3, 0.4) is 0 Å². The molecule has 0 aliphatic carbocycles. The summed E-state index contributed by atoms with van der Waals surface area (Å²) < 4.78 is 27.5. The van der Waals surface area contributed by atoms with E-state index in [9.17, 15) is 23.3 Å². The molecule has 162 valence electrons. The Kier molecular flexibility index (Phi) is 6.08. The number of sulfonamides is 1. The topological polar surface area (TPSA) is 123 Å². The number of non-ortho nitro benzene ring substituents is 1. The largest absolute Gasteiger partial charge is 0.301 e. The summed E-state index contributed by atoms with van der Waals surface area (Å²) in [7, 11) is -3.82. The number of nitrogens with zero attached hydrogens (tertiary/aromatic N) is 3. The normalized spacial score (nSPS) is 17.0. The molecule has 0 saturated carbocycles. The Morgan fingerprint density at radius 2 is 2.00 bits per heavy atom. The molecule has 1 saturated heterocycles. The van der Waals surface area contributed by atoms with Gasteiger partial charge in [-0.05, 0) is 37.1 Å². The second kappa shape index (κ2) is 8.63. The number of aromatic nitrogens is 1. The van der Waals surface area contributed by atoms with Gasteiger partial charge >= 0.3 is 0 Å². The standard InChI is InChI=1S/C18H15ClN4O5S3/c19-15-7-8-16(30-15)31(27,28)22-9-1-2-14(22)17(24)21-18-20-13(10-29-18)11-3-5-12(6-4-11)23(25)26/h3-8,10,14H,1-2,9H2,(H,20,21,24)/t14-/m1/s1. The number of hydrogen-bond donors (Lipinski definition) is 1. The van der Waals surface area contributed by atoms with Crippen molar-refractivity contribution in [2.24, 2.45) is 0 Å². The van der Waals surface area contributed by atoms with E-state index in [0.717, 1.165) is 11.3 Å². The molecule has 13 heteroatoms. The van der Waals surface area contributed by atoms with Crippen molar-refractivity contribution < 1.29 is 18.1 Å². The fraction of sp³-hybridized carbons (Fsp3) is 0.222. The monoisotopic (exact) mass is 498 g/mol. The van der Waals surface area contributed by atoms with E-state index in [1.54, 1.807) is 17.5 Å². The lowest BCUT2D eigenvalue weighted by atomic mass is 10.1. The minimum Gasteiger partial charge on any atom is -0.301 e. The van der Waals surface area contributed by atoms with Crippen molar-refractivity contribution in [1.29, 1.82) is 0 Å². The van der Waals surface area contributed by atoms with Gasteiger partial charge in [0.25, 0.3) is 15.7 Å². The number of carbonyl (C=O) groups is 1. The Bertz CT molecular complexity index is 1240. The van der Waals surface area contributed by atoms with E-state index in [1.807, 2.05) is 0 Å². The van der Waals surface area contributed by atoms with Crippen LogP contribution in [-0.2, 0) is 14.8 Å². The van der Waals surface area contributed by atoms with Gasteiger partial charge < -0.3 is 5.32 Å². The Morgan fingerprint density at radius 1 is 1.26 bits per heavy atom. The lowest BCUT2D eigenvalue weighted by Crippen LogP contribution is -2.42. The van der Waals surface area contributed by atoms with E-state index in [1.165, 1.54) is 39.9 Å². The van der Waals surface area contributed by atoms with Crippen LogP contribution in [0.4, 0.5) is 10.8 Å². The maximum Gasteiger partial charge on any atom is 0.269 e. The number of nitro benzene ring substituents is 1. The number of rotatable bonds is 6. The summed E-state index contributed by atoms with van der Waals surface area (Å²) in [6, 6.07) is 8.03. The first-order valence-corrected chi connectivity index (χ1v) is 12.6. The number of anilines is 1. The van der Waals surface area contributed by atoms with Crippen LogP contribution in [0.5, 0.6) is 0 Å². The first-order valence-electron chi connectivity index (χ1n) is 9.04. The highest BCUT2D eigenvalue weighted by atomic mass is 35.5. The molecule has 3 heterocycles. The summed E-state index contributed by atoms with van der Waals surface area (Å²) >= 11 is 8.02. The summed E-state index contributed by atoms with van der Waals surface area (Å²) in [5.41, 5.74) is 1.20. The molecule has 0 radical (unpaired) electrons. The van der Waals surface area contributed by atoms with E-state index in [-0.39, 0.29) is 16.4 Å². The average Bonchev–Trinajstić information content (AvgIpc) is 3.48. The zero-order valence-electron chi connectivity index (χ0n) is 15.7. The molecule has 4 rings (SSSR count). The molecule has 1 N–H and O–H groups in total. The smallest absolute Gasteiger partial charge is 0.269 e. The zero-order chi connectivity index (χ0) is 22.2. The van der Waals surface area contributed by atoms with Gasteiger partial charge in [0.2, 0.25) is 5.91 Å². The Balaban J connectivity index is 1.48. The van der Waals surface area contributed by atoms with Gasteiger partial charge in [0.1, 0.15) is 10.3 Å². The molecule has 1 aromatic carbocycles. The third-order valence-corrected chi connectivity index (χ3v) is 9.09. The predicted molar refractivity (Wildman–Crippen MR) is 119 cm³/mol. The highest BCUT2D eigenvalue weighted by Crippen LogP contribution is 2.33. The van der Waals surface area contributed by atoms with Crippen molar-refractivity contribution in [2.75, 3.05) is 11.9 Å². The fourth-order valence-electron chi connectivity index (χ4n) is 3.25. The van der Waals surface area contributed by atoms with Crippen molar-refractivity contribution in [3.05, 3.63) is 56.2 Å². The second-order valence-corrected chi connectivity index (χ2v) is 11.4. The van der Waals surface area contributed by atoms with Gasteiger partial charge in [-0.3, -0.25) is 14.9 Å². The van der Waals surface area contributed by atoms with Gasteiger partial charge in [-0.2, -0.15) is 4.31 Å². The number of thiophene rings is 1. The number of nitro groups is 1. The first kappa shape index (κ1) is 21.8. The molecule has 0 unspecified atom stereocenters. The number of nitrogens with one attached hydrogen (secondary N) is 1. The summed E-state index contributed by atoms with van der Waals surface area (Å²) in [5, 5.41) is 15.5. The molecular weight excluding hydrogens is 484 g/mol. The van der Waals surface area contributed by atoms with Crippen molar-refractivity contribution >= 4 is 61.0 Å². The lowest BCUT2D eigenvalue weighted by Gasteiger charge is -2.22. The molecule has 1 amide bonds. The number of benzene rings is 1. The molecule has 9 nitrogen and oxygen atoms in total. The van der Waals surface area contributed by atoms with Crippen LogP contribution in [0.15, 0.2) is 46.0 Å². The van der Waals surface area contributed by atoms with E-state index < -0.39 is 26.9 Å². The van der Waals surface area contributed by atoms with Gasteiger partial charge in [0.05, 0.1) is 15.0 Å². The lowest BCUT2D eigenvalue weighted by molar-refractivity contribution is -0.384. The van der Waals surface area contributed by atoms with Gasteiger partial charge in [0.15, 0.2) is 5.13 Å². The van der Waals surface area contributed by atoms with E-state index in [2.05, 4.69) is 10.3 Å². The number of amides is 1. The first-order chi connectivity index (χ1) is 14.8. The SMILES string of the molecule is O=C(Nc1nc(-c2ccc([N+](=O)[O-])cc2)cs1)[C@H]1CCCN1S(=O)(=O)c1ccc(Cl)s1. The van der Waals surface area contributed by atoms with Gasteiger partial charge in [-0.1, -0.05) is 11.6 Å². The fourth-order valence-corrected chi connectivity index (χ4v) is 7.24. The summed E-state index contributed by atoms with van der Waals surface area (Å²) in [5.74, 6) is -0.451.